The molecule has 1 aliphatic rings. The maximum atomic E-state index is 12.6. The Balaban J connectivity index is 1.55. The van der Waals surface area contributed by atoms with Crippen molar-refractivity contribution in [2.75, 3.05) is 5.75 Å². The van der Waals surface area contributed by atoms with E-state index in [1.165, 1.54) is 11.8 Å². The fourth-order valence-corrected chi connectivity index (χ4v) is 4.47. The molecule has 0 bridgehead atoms. The van der Waals surface area contributed by atoms with E-state index in [4.69, 9.17) is 0 Å². The van der Waals surface area contributed by atoms with E-state index in [1.807, 2.05) is 47.0 Å². The highest BCUT2D eigenvalue weighted by Crippen LogP contribution is 2.29. The van der Waals surface area contributed by atoms with Gasteiger partial charge in [0.05, 0.1) is 11.8 Å². The highest BCUT2D eigenvalue weighted by Gasteiger charge is 2.33. The maximum absolute atomic E-state index is 12.6. The summed E-state index contributed by atoms with van der Waals surface area (Å²) in [6, 6.07) is 15.9. The summed E-state index contributed by atoms with van der Waals surface area (Å²) >= 11 is 1.32. The van der Waals surface area contributed by atoms with Gasteiger partial charge in [-0.1, -0.05) is 49.2 Å². The monoisotopic (exact) mass is 418 g/mol. The van der Waals surface area contributed by atoms with Gasteiger partial charge in [0, 0.05) is 23.6 Å². The number of nitriles is 1. The van der Waals surface area contributed by atoms with Gasteiger partial charge in [-0.3, -0.25) is 14.3 Å². The number of carbonyl (C=O) groups excluding carboxylic acids is 1. The molecule has 0 aliphatic heterocycles. The molecule has 0 unspecified atom stereocenters. The lowest BCUT2D eigenvalue weighted by atomic mass is 9.83. The first-order chi connectivity index (χ1) is 14.7. The summed E-state index contributed by atoms with van der Waals surface area (Å²) in [7, 11) is 0. The van der Waals surface area contributed by atoms with Crippen molar-refractivity contribution in [1.82, 2.24) is 25.1 Å². The van der Waals surface area contributed by atoms with Gasteiger partial charge in [-0.2, -0.15) is 5.26 Å². The summed E-state index contributed by atoms with van der Waals surface area (Å²) in [5, 5.41) is 21.9. The molecule has 0 radical (unpaired) electrons. The quantitative estimate of drug-likeness (QED) is 0.612. The van der Waals surface area contributed by atoms with Gasteiger partial charge in [0.15, 0.2) is 11.0 Å². The zero-order valence-electron chi connectivity index (χ0n) is 16.5. The number of hydrogen-bond donors (Lipinski definition) is 1. The van der Waals surface area contributed by atoms with Crippen LogP contribution < -0.4 is 5.32 Å². The van der Waals surface area contributed by atoms with Crippen molar-refractivity contribution in [3.05, 3.63) is 54.9 Å². The number of aromatic nitrogens is 4. The summed E-state index contributed by atoms with van der Waals surface area (Å²) in [5.41, 5.74) is 1.08. The molecule has 4 rings (SSSR count). The van der Waals surface area contributed by atoms with Gasteiger partial charge in [-0.25, -0.2) is 0 Å². The molecule has 30 heavy (non-hydrogen) atoms. The minimum atomic E-state index is -0.731. The van der Waals surface area contributed by atoms with Gasteiger partial charge in [-0.15, -0.1) is 10.2 Å². The zero-order chi connectivity index (χ0) is 20.8. The smallest absolute Gasteiger partial charge is 0.231 e. The van der Waals surface area contributed by atoms with Crippen LogP contribution in [0.1, 0.15) is 32.1 Å². The molecule has 0 saturated heterocycles. The van der Waals surface area contributed by atoms with E-state index >= 15 is 0 Å². The minimum Gasteiger partial charge on any atom is -0.337 e. The molecule has 1 saturated carbocycles. The van der Waals surface area contributed by atoms with Gasteiger partial charge in [0.1, 0.15) is 5.54 Å². The minimum absolute atomic E-state index is 0.156. The van der Waals surface area contributed by atoms with E-state index in [2.05, 4.69) is 26.6 Å². The molecule has 1 aromatic carbocycles. The number of thioether (sulfide) groups is 1. The van der Waals surface area contributed by atoms with Crippen LogP contribution in [0.5, 0.6) is 0 Å². The lowest BCUT2D eigenvalue weighted by molar-refractivity contribution is -0.120. The van der Waals surface area contributed by atoms with Crippen LogP contribution in [-0.4, -0.2) is 36.9 Å². The van der Waals surface area contributed by atoms with Crippen LogP contribution in [0.3, 0.4) is 0 Å². The molecule has 0 spiro atoms. The number of nitrogens with zero attached hydrogens (tertiary/aromatic N) is 5. The Bertz CT molecular complexity index is 1040. The fourth-order valence-electron chi connectivity index (χ4n) is 3.71. The highest BCUT2D eigenvalue weighted by atomic mass is 32.2. The first-order valence-corrected chi connectivity index (χ1v) is 11.0. The van der Waals surface area contributed by atoms with Gasteiger partial charge in [0.2, 0.25) is 5.91 Å². The molecule has 2 heterocycles. The number of benzene rings is 1. The number of carbonyl (C=O) groups is 1. The van der Waals surface area contributed by atoms with Crippen molar-refractivity contribution in [3.63, 3.8) is 0 Å². The lowest BCUT2D eigenvalue weighted by Crippen LogP contribution is -2.49. The summed E-state index contributed by atoms with van der Waals surface area (Å²) in [4.78, 5) is 16.7. The molecule has 2 aromatic heterocycles. The topological polar surface area (TPSA) is 96.5 Å². The van der Waals surface area contributed by atoms with Crippen molar-refractivity contribution < 1.29 is 4.79 Å². The molecule has 0 atom stereocenters. The Labute approximate surface area is 179 Å². The van der Waals surface area contributed by atoms with Crippen LogP contribution in [0.15, 0.2) is 60.0 Å². The predicted octanol–water partition coefficient (Wildman–Crippen LogP) is 3.76. The lowest BCUT2D eigenvalue weighted by Gasteiger charge is -2.31. The van der Waals surface area contributed by atoms with Crippen molar-refractivity contribution >= 4 is 17.7 Å². The summed E-state index contributed by atoms with van der Waals surface area (Å²) < 4.78 is 1.94. The molecule has 1 fully saturated rings. The second-order valence-corrected chi connectivity index (χ2v) is 8.25. The number of para-hydroxylation sites is 1. The summed E-state index contributed by atoms with van der Waals surface area (Å²) in [5.74, 6) is 0.703. The molecule has 152 valence electrons. The van der Waals surface area contributed by atoms with Gasteiger partial charge in [-0.05, 0) is 37.1 Å². The van der Waals surface area contributed by atoms with E-state index in [0.717, 1.165) is 30.5 Å². The molecule has 1 amide bonds. The Morgan fingerprint density at radius 3 is 2.53 bits per heavy atom. The Kier molecular flexibility index (Phi) is 6.10. The van der Waals surface area contributed by atoms with Crippen LogP contribution in [0.25, 0.3) is 17.1 Å². The normalized spacial score (nSPS) is 15.3. The summed E-state index contributed by atoms with van der Waals surface area (Å²) in [6.07, 6.45) is 7.91. The second kappa shape index (κ2) is 9.09. The first-order valence-electron chi connectivity index (χ1n) is 9.97. The first kappa shape index (κ1) is 20.1. The predicted molar refractivity (Wildman–Crippen MR) is 115 cm³/mol. The number of nitrogens with one attached hydrogen (secondary N) is 1. The van der Waals surface area contributed by atoms with E-state index < -0.39 is 5.54 Å². The fraction of sp³-hybridized carbons (Fsp3) is 0.318. The van der Waals surface area contributed by atoms with Crippen LogP contribution >= 0.6 is 11.8 Å². The number of rotatable bonds is 6. The van der Waals surface area contributed by atoms with Crippen LogP contribution in [0.2, 0.25) is 0 Å². The van der Waals surface area contributed by atoms with Crippen LogP contribution in [0.4, 0.5) is 0 Å². The van der Waals surface area contributed by atoms with Gasteiger partial charge < -0.3 is 5.32 Å². The zero-order valence-corrected chi connectivity index (χ0v) is 17.3. The van der Waals surface area contributed by atoms with Crippen LogP contribution in [-0.2, 0) is 4.79 Å². The Morgan fingerprint density at radius 1 is 1.10 bits per heavy atom. The number of amides is 1. The third-order valence-electron chi connectivity index (χ3n) is 5.22. The number of pyridine rings is 1. The molecule has 1 N–H and O–H groups in total. The molecular formula is C22H22N6OS. The third-order valence-corrected chi connectivity index (χ3v) is 6.15. The van der Waals surface area contributed by atoms with E-state index in [9.17, 15) is 10.1 Å². The highest BCUT2D eigenvalue weighted by molar-refractivity contribution is 7.99. The largest absolute Gasteiger partial charge is 0.337 e. The number of hydrogen-bond acceptors (Lipinski definition) is 6. The average Bonchev–Trinajstić information content (AvgIpc) is 3.23. The Hall–Kier alpha value is -3.18. The third kappa shape index (κ3) is 4.36. The molecule has 3 aromatic rings. The van der Waals surface area contributed by atoms with Crippen molar-refractivity contribution in [1.29, 1.82) is 5.26 Å². The SMILES string of the molecule is N#CC1(NC(=O)CSc2nnc(-c3ccncc3)n2-c2ccccc2)CCCCC1. The Morgan fingerprint density at radius 2 is 1.83 bits per heavy atom. The van der Waals surface area contributed by atoms with Crippen molar-refractivity contribution in [2.45, 2.75) is 42.8 Å². The van der Waals surface area contributed by atoms with Gasteiger partial charge >= 0.3 is 0 Å². The van der Waals surface area contributed by atoms with Crippen molar-refractivity contribution in [3.8, 4) is 23.1 Å². The summed E-state index contributed by atoms with van der Waals surface area (Å²) in [6.45, 7) is 0. The van der Waals surface area contributed by atoms with Crippen molar-refractivity contribution in [2.24, 2.45) is 0 Å². The average molecular weight is 419 g/mol. The second-order valence-electron chi connectivity index (χ2n) is 7.30. The maximum Gasteiger partial charge on any atom is 0.231 e. The molecule has 1 aliphatic carbocycles. The van der Waals surface area contributed by atoms with Crippen LogP contribution in [0, 0.1) is 11.3 Å². The van der Waals surface area contributed by atoms with Gasteiger partial charge in [0.25, 0.3) is 0 Å². The van der Waals surface area contributed by atoms with E-state index in [-0.39, 0.29) is 11.7 Å². The molecular weight excluding hydrogens is 396 g/mol. The standard InChI is InChI=1S/C22H22N6OS/c23-16-22(11-5-2-6-12-22)25-19(29)15-30-21-27-26-20(17-9-13-24-14-10-17)28(21)18-7-3-1-4-8-18/h1,3-4,7-10,13-14H,2,5-6,11-12,15H2,(H,25,29). The molecule has 8 heteroatoms. The van der Waals surface area contributed by atoms with E-state index in [1.54, 1.807) is 12.4 Å². The molecule has 7 nitrogen and oxygen atoms in total. The van der Waals surface area contributed by atoms with E-state index in [0.29, 0.717) is 23.8 Å².